The van der Waals surface area contributed by atoms with E-state index in [4.69, 9.17) is 23.2 Å². The molecular weight excluding hydrogens is 295 g/mol. The monoisotopic (exact) mass is 308 g/mol. The van der Waals surface area contributed by atoms with Crippen molar-refractivity contribution in [2.75, 3.05) is 5.33 Å². The van der Waals surface area contributed by atoms with Crippen molar-refractivity contribution in [2.24, 2.45) is 0 Å². The fourth-order valence-electron chi connectivity index (χ4n) is 1.60. The van der Waals surface area contributed by atoms with Crippen molar-refractivity contribution < 1.29 is 0 Å². The highest BCUT2D eigenvalue weighted by molar-refractivity contribution is 9.09. The summed E-state index contributed by atoms with van der Waals surface area (Å²) in [5.74, 6) is 0.495. The Morgan fingerprint density at radius 1 is 1.33 bits per heavy atom. The molecule has 0 aliphatic carbocycles. The van der Waals surface area contributed by atoms with E-state index in [0.29, 0.717) is 10.9 Å². The molecule has 3 heteroatoms. The molecule has 0 aromatic heterocycles. The molecule has 0 bridgehead atoms. The lowest BCUT2D eigenvalue weighted by Crippen LogP contribution is -2.01. The minimum absolute atomic E-state index is 0.495. The molecule has 0 saturated heterocycles. The van der Waals surface area contributed by atoms with Gasteiger partial charge in [-0.05, 0) is 30.0 Å². The van der Waals surface area contributed by atoms with Crippen molar-refractivity contribution in [3.63, 3.8) is 0 Å². The van der Waals surface area contributed by atoms with Crippen molar-refractivity contribution in [3.05, 3.63) is 33.8 Å². The molecule has 0 nitrogen and oxygen atoms in total. The minimum Gasteiger partial charge on any atom is -0.0921 e. The average molecular weight is 310 g/mol. The van der Waals surface area contributed by atoms with Gasteiger partial charge in [0.1, 0.15) is 0 Å². The maximum absolute atomic E-state index is 6.18. The number of alkyl halides is 1. The van der Waals surface area contributed by atoms with E-state index < -0.39 is 0 Å². The molecule has 0 heterocycles. The quantitative estimate of drug-likeness (QED) is 0.615. The summed E-state index contributed by atoms with van der Waals surface area (Å²) in [6.07, 6.45) is 3.62. The average Bonchev–Trinajstić information content (AvgIpc) is 2.21. The van der Waals surface area contributed by atoms with Gasteiger partial charge in [0.05, 0.1) is 0 Å². The molecule has 0 fully saturated rings. The van der Waals surface area contributed by atoms with E-state index >= 15 is 0 Å². The predicted molar refractivity (Wildman–Crippen MR) is 72.5 cm³/mol. The van der Waals surface area contributed by atoms with Crippen LogP contribution in [0.5, 0.6) is 0 Å². The van der Waals surface area contributed by atoms with Gasteiger partial charge in [-0.15, -0.1) is 0 Å². The lowest BCUT2D eigenvalue weighted by molar-refractivity contribution is 0.633. The van der Waals surface area contributed by atoms with Crippen molar-refractivity contribution >= 4 is 39.1 Å². The van der Waals surface area contributed by atoms with Crippen molar-refractivity contribution in [1.29, 1.82) is 0 Å². The van der Waals surface area contributed by atoms with Crippen LogP contribution >= 0.6 is 39.1 Å². The Balaban J connectivity index is 2.81. The molecule has 15 heavy (non-hydrogen) atoms. The van der Waals surface area contributed by atoms with Crippen LogP contribution in [0.4, 0.5) is 0 Å². The summed E-state index contributed by atoms with van der Waals surface area (Å²) in [6.45, 7) is 2.20. The second kappa shape index (κ2) is 6.78. The standard InChI is InChI=1S/C12H15BrCl2/c1-2-3-4-9(8-13)11-6-5-10(14)7-12(11)15/h5-7,9H,2-4,8H2,1H3. The zero-order valence-corrected chi connectivity index (χ0v) is 11.9. The lowest BCUT2D eigenvalue weighted by atomic mass is 9.95. The van der Waals surface area contributed by atoms with Gasteiger partial charge in [0.2, 0.25) is 0 Å². The summed E-state index contributed by atoms with van der Waals surface area (Å²) < 4.78 is 0. The number of hydrogen-bond acceptors (Lipinski definition) is 0. The first-order valence-electron chi connectivity index (χ1n) is 5.20. The van der Waals surface area contributed by atoms with Crippen molar-refractivity contribution in [2.45, 2.75) is 32.1 Å². The molecule has 0 saturated carbocycles. The topological polar surface area (TPSA) is 0 Å². The molecule has 1 aromatic rings. The van der Waals surface area contributed by atoms with Crippen LogP contribution in [-0.4, -0.2) is 5.33 Å². The van der Waals surface area contributed by atoms with Gasteiger partial charge in [0, 0.05) is 15.4 Å². The number of halogens is 3. The summed E-state index contributed by atoms with van der Waals surface area (Å²) in [5.41, 5.74) is 1.20. The Kier molecular flexibility index (Phi) is 6.03. The molecule has 1 atom stereocenters. The fourth-order valence-corrected chi connectivity index (χ4v) is 2.83. The minimum atomic E-state index is 0.495. The Labute approximate surface area is 110 Å². The number of rotatable bonds is 5. The van der Waals surface area contributed by atoms with Crippen LogP contribution < -0.4 is 0 Å². The zero-order valence-electron chi connectivity index (χ0n) is 8.77. The maximum Gasteiger partial charge on any atom is 0.0455 e. The summed E-state index contributed by atoms with van der Waals surface area (Å²) in [5, 5.41) is 2.43. The summed E-state index contributed by atoms with van der Waals surface area (Å²) >= 11 is 15.6. The van der Waals surface area contributed by atoms with Gasteiger partial charge in [0.15, 0.2) is 0 Å². The molecule has 0 amide bonds. The first kappa shape index (κ1) is 13.3. The molecule has 0 aliphatic heterocycles. The van der Waals surface area contributed by atoms with Gasteiger partial charge >= 0.3 is 0 Å². The molecule has 1 rings (SSSR count). The van der Waals surface area contributed by atoms with E-state index in [2.05, 4.69) is 22.9 Å². The van der Waals surface area contributed by atoms with Crippen molar-refractivity contribution in [3.8, 4) is 0 Å². The zero-order chi connectivity index (χ0) is 11.3. The highest BCUT2D eigenvalue weighted by Gasteiger charge is 2.13. The number of unbranched alkanes of at least 4 members (excludes halogenated alkanes) is 1. The normalized spacial score (nSPS) is 12.8. The third-order valence-corrected chi connectivity index (χ3v) is 3.84. The Bertz CT molecular complexity index is 312. The van der Waals surface area contributed by atoms with Gasteiger partial charge in [0.25, 0.3) is 0 Å². The van der Waals surface area contributed by atoms with Crippen LogP contribution in [0, 0.1) is 0 Å². The van der Waals surface area contributed by atoms with E-state index in [1.807, 2.05) is 18.2 Å². The first-order chi connectivity index (χ1) is 7.19. The Hall–Kier alpha value is 0.280. The summed E-state index contributed by atoms with van der Waals surface area (Å²) in [6, 6.07) is 5.76. The van der Waals surface area contributed by atoms with Gasteiger partial charge in [-0.25, -0.2) is 0 Å². The number of benzene rings is 1. The van der Waals surface area contributed by atoms with Crippen LogP contribution in [0.15, 0.2) is 18.2 Å². The van der Waals surface area contributed by atoms with Crippen LogP contribution in [0.25, 0.3) is 0 Å². The van der Waals surface area contributed by atoms with Crippen molar-refractivity contribution in [1.82, 2.24) is 0 Å². The van der Waals surface area contributed by atoms with Gasteiger partial charge in [-0.1, -0.05) is 65.0 Å². The van der Waals surface area contributed by atoms with E-state index in [1.54, 1.807) is 0 Å². The molecule has 1 unspecified atom stereocenters. The van der Waals surface area contributed by atoms with E-state index in [-0.39, 0.29) is 0 Å². The van der Waals surface area contributed by atoms with Crippen LogP contribution in [0.2, 0.25) is 10.0 Å². The van der Waals surface area contributed by atoms with Crippen LogP contribution in [-0.2, 0) is 0 Å². The Morgan fingerprint density at radius 2 is 2.07 bits per heavy atom. The van der Waals surface area contributed by atoms with Gasteiger partial charge in [-0.2, -0.15) is 0 Å². The molecule has 0 spiro atoms. The first-order valence-corrected chi connectivity index (χ1v) is 7.07. The van der Waals surface area contributed by atoms with Crippen LogP contribution in [0.3, 0.4) is 0 Å². The second-order valence-electron chi connectivity index (χ2n) is 3.66. The molecule has 1 aromatic carbocycles. The summed E-state index contributed by atoms with van der Waals surface area (Å²) in [7, 11) is 0. The Morgan fingerprint density at radius 3 is 2.60 bits per heavy atom. The van der Waals surface area contributed by atoms with E-state index in [1.165, 1.54) is 24.8 Å². The highest BCUT2D eigenvalue weighted by atomic mass is 79.9. The second-order valence-corrected chi connectivity index (χ2v) is 5.15. The highest BCUT2D eigenvalue weighted by Crippen LogP contribution is 2.31. The lowest BCUT2D eigenvalue weighted by Gasteiger charge is -2.15. The maximum atomic E-state index is 6.18. The summed E-state index contributed by atoms with van der Waals surface area (Å²) in [4.78, 5) is 0. The van der Waals surface area contributed by atoms with E-state index in [0.717, 1.165) is 10.4 Å². The SMILES string of the molecule is CCCCC(CBr)c1ccc(Cl)cc1Cl. The van der Waals surface area contributed by atoms with Gasteiger partial charge < -0.3 is 0 Å². The largest absolute Gasteiger partial charge is 0.0921 e. The van der Waals surface area contributed by atoms with E-state index in [9.17, 15) is 0 Å². The third kappa shape index (κ3) is 3.97. The number of hydrogen-bond donors (Lipinski definition) is 0. The smallest absolute Gasteiger partial charge is 0.0455 e. The fraction of sp³-hybridized carbons (Fsp3) is 0.500. The molecular formula is C12H15BrCl2. The van der Waals surface area contributed by atoms with Gasteiger partial charge in [-0.3, -0.25) is 0 Å². The molecule has 0 aliphatic rings. The molecule has 84 valence electrons. The van der Waals surface area contributed by atoms with Crippen LogP contribution in [0.1, 0.15) is 37.7 Å². The molecule has 0 N–H and O–H groups in total. The molecule has 0 radical (unpaired) electrons. The predicted octanol–water partition coefficient (Wildman–Crippen LogP) is 5.66. The third-order valence-electron chi connectivity index (χ3n) is 2.49.